The van der Waals surface area contributed by atoms with Gasteiger partial charge in [0.05, 0.1) is 0 Å². The number of halogens is 2. The normalized spacial score (nSPS) is 10.1. The maximum Gasteiger partial charge on any atom is 0.251 e. The van der Waals surface area contributed by atoms with Crippen LogP contribution in [0, 0.1) is 9.39 Å². The summed E-state index contributed by atoms with van der Waals surface area (Å²) in [6.07, 6.45) is 1.62. The fourth-order valence-corrected chi connectivity index (χ4v) is 2.46. The van der Waals surface area contributed by atoms with Crippen LogP contribution in [0.2, 0.25) is 0 Å². The van der Waals surface area contributed by atoms with Crippen LogP contribution in [0.4, 0.5) is 4.39 Å². The van der Waals surface area contributed by atoms with Crippen LogP contribution in [-0.4, -0.2) is 12.5 Å². The third-order valence-electron chi connectivity index (χ3n) is 2.77. The third kappa shape index (κ3) is 3.45. The van der Waals surface area contributed by atoms with Gasteiger partial charge in [0.2, 0.25) is 0 Å². The molecule has 0 aliphatic heterocycles. The summed E-state index contributed by atoms with van der Waals surface area (Å²) in [5, 5.41) is 2.72. The molecular weight excluding hydrogens is 368 g/mol. The van der Waals surface area contributed by atoms with Crippen LogP contribution >= 0.6 is 22.6 Å². The average molecular weight is 381 g/mol. The van der Waals surface area contributed by atoms with Gasteiger partial charge in [-0.1, -0.05) is 18.2 Å². The standard InChI is InChI=1S/C16H13FINO/c1-2-8-19-16(20)12-5-3-4-11(9-12)14-10-13(17)6-7-15(14)18/h2-7,9-10H,1,8H2,(H,19,20). The first-order chi connectivity index (χ1) is 9.61. The SMILES string of the molecule is C=CCNC(=O)c1cccc(-c2cc(F)ccc2I)c1. The highest BCUT2D eigenvalue weighted by Crippen LogP contribution is 2.26. The summed E-state index contributed by atoms with van der Waals surface area (Å²) in [5.74, 6) is -0.458. The molecule has 0 unspecified atom stereocenters. The van der Waals surface area contributed by atoms with E-state index in [1.807, 2.05) is 6.07 Å². The molecule has 0 atom stereocenters. The topological polar surface area (TPSA) is 29.1 Å². The monoisotopic (exact) mass is 381 g/mol. The number of nitrogens with one attached hydrogen (secondary N) is 1. The molecule has 0 saturated carbocycles. The smallest absolute Gasteiger partial charge is 0.251 e. The molecule has 0 saturated heterocycles. The Labute approximate surface area is 130 Å². The first-order valence-electron chi connectivity index (χ1n) is 6.06. The fourth-order valence-electron chi connectivity index (χ4n) is 1.81. The molecule has 0 fully saturated rings. The molecule has 4 heteroatoms. The van der Waals surface area contributed by atoms with Crippen LogP contribution < -0.4 is 5.32 Å². The van der Waals surface area contributed by atoms with Gasteiger partial charge in [-0.05, 0) is 64.0 Å². The van der Waals surface area contributed by atoms with E-state index in [4.69, 9.17) is 0 Å². The van der Waals surface area contributed by atoms with Gasteiger partial charge < -0.3 is 5.32 Å². The summed E-state index contributed by atoms with van der Waals surface area (Å²) in [6, 6.07) is 11.8. The second-order valence-electron chi connectivity index (χ2n) is 4.20. The fraction of sp³-hybridized carbons (Fsp3) is 0.0625. The molecule has 20 heavy (non-hydrogen) atoms. The summed E-state index contributed by atoms with van der Waals surface area (Å²) in [6.45, 7) is 3.97. The Morgan fingerprint density at radius 2 is 2.10 bits per heavy atom. The molecule has 0 aliphatic carbocycles. The van der Waals surface area contributed by atoms with E-state index in [2.05, 4.69) is 34.5 Å². The van der Waals surface area contributed by atoms with Crippen molar-refractivity contribution in [3.05, 3.63) is 70.1 Å². The van der Waals surface area contributed by atoms with Crippen molar-refractivity contribution < 1.29 is 9.18 Å². The molecule has 0 radical (unpaired) electrons. The van der Waals surface area contributed by atoms with Gasteiger partial charge in [-0.25, -0.2) is 4.39 Å². The highest BCUT2D eigenvalue weighted by Gasteiger charge is 2.09. The number of benzene rings is 2. The van der Waals surface area contributed by atoms with E-state index in [1.54, 1.807) is 30.3 Å². The van der Waals surface area contributed by atoms with Crippen LogP contribution in [0.1, 0.15) is 10.4 Å². The van der Waals surface area contributed by atoms with Crippen molar-refractivity contribution in [1.82, 2.24) is 5.32 Å². The molecule has 102 valence electrons. The zero-order valence-corrected chi connectivity index (χ0v) is 12.9. The number of carbonyl (C=O) groups is 1. The van der Waals surface area contributed by atoms with Crippen LogP contribution in [0.15, 0.2) is 55.1 Å². The Morgan fingerprint density at radius 1 is 1.30 bits per heavy atom. The zero-order valence-electron chi connectivity index (χ0n) is 10.7. The second kappa shape index (κ2) is 6.65. The molecule has 0 bridgehead atoms. The molecule has 1 N–H and O–H groups in total. The quantitative estimate of drug-likeness (QED) is 0.629. The highest BCUT2D eigenvalue weighted by molar-refractivity contribution is 14.1. The van der Waals surface area contributed by atoms with Crippen molar-refractivity contribution in [3.8, 4) is 11.1 Å². The number of amides is 1. The van der Waals surface area contributed by atoms with Gasteiger partial charge in [0.15, 0.2) is 0 Å². The predicted molar refractivity (Wildman–Crippen MR) is 87.1 cm³/mol. The van der Waals surface area contributed by atoms with E-state index in [9.17, 15) is 9.18 Å². The average Bonchev–Trinajstić information content (AvgIpc) is 2.47. The van der Waals surface area contributed by atoms with E-state index < -0.39 is 0 Å². The summed E-state index contributed by atoms with van der Waals surface area (Å²) in [4.78, 5) is 11.9. The van der Waals surface area contributed by atoms with Crippen LogP contribution in [0.3, 0.4) is 0 Å². The lowest BCUT2D eigenvalue weighted by atomic mass is 10.0. The lowest BCUT2D eigenvalue weighted by Crippen LogP contribution is -2.23. The van der Waals surface area contributed by atoms with E-state index in [-0.39, 0.29) is 11.7 Å². The molecule has 2 nitrogen and oxygen atoms in total. The van der Waals surface area contributed by atoms with Gasteiger partial charge in [0.1, 0.15) is 5.82 Å². The molecule has 1 amide bonds. The first-order valence-corrected chi connectivity index (χ1v) is 7.14. The molecule has 2 aromatic carbocycles. The molecule has 2 aromatic rings. The van der Waals surface area contributed by atoms with E-state index in [1.165, 1.54) is 12.1 Å². The molecule has 0 aliphatic rings. The third-order valence-corrected chi connectivity index (χ3v) is 3.71. The zero-order chi connectivity index (χ0) is 14.5. The van der Waals surface area contributed by atoms with Gasteiger partial charge in [-0.2, -0.15) is 0 Å². The van der Waals surface area contributed by atoms with Crippen molar-refractivity contribution in [2.45, 2.75) is 0 Å². The lowest BCUT2D eigenvalue weighted by Gasteiger charge is -2.08. The number of hydrogen-bond acceptors (Lipinski definition) is 1. The summed E-state index contributed by atoms with van der Waals surface area (Å²) >= 11 is 2.15. The van der Waals surface area contributed by atoms with Gasteiger partial charge in [-0.15, -0.1) is 6.58 Å². The molecule has 2 rings (SSSR count). The number of rotatable bonds is 4. The Morgan fingerprint density at radius 3 is 2.85 bits per heavy atom. The Kier molecular flexibility index (Phi) is 4.89. The number of hydrogen-bond donors (Lipinski definition) is 1. The molecular formula is C16H13FINO. The van der Waals surface area contributed by atoms with E-state index >= 15 is 0 Å². The Balaban J connectivity index is 2.36. The molecule has 0 spiro atoms. The van der Waals surface area contributed by atoms with Crippen molar-refractivity contribution >= 4 is 28.5 Å². The van der Waals surface area contributed by atoms with Crippen LogP contribution in [-0.2, 0) is 0 Å². The van der Waals surface area contributed by atoms with Crippen molar-refractivity contribution in [3.63, 3.8) is 0 Å². The van der Waals surface area contributed by atoms with Crippen LogP contribution in [0.5, 0.6) is 0 Å². The maximum absolute atomic E-state index is 13.4. The number of carbonyl (C=O) groups excluding carboxylic acids is 1. The molecule has 0 aromatic heterocycles. The summed E-state index contributed by atoms with van der Waals surface area (Å²) in [5.41, 5.74) is 2.15. The summed E-state index contributed by atoms with van der Waals surface area (Å²) in [7, 11) is 0. The van der Waals surface area contributed by atoms with E-state index in [0.29, 0.717) is 12.1 Å². The minimum absolute atomic E-state index is 0.168. The van der Waals surface area contributed by atoms with Crippen LogP contribution in [0.25, 0.3) is 11.1 Å². The van der Waals surface area contributed by atoms with E-state index in [0.717, 1.165) is 14.7 Å². The largest absolute Gasteiger partial charge is 0.349 e. The van der Waals surface area contributed by atoms with Crippen molar-refractivity contribution in [2.24, 2.45) is 0 Å². The van der Waals surface area contributed by atoms with Crippen molar-refractivity contribution in [2.75, 3.05) is 6.54 Å². The summed E-state index contributed by atoms with van der Waals surface area (Å²) < 4.78 is 14.3. The Bertz CT molecular complexity index is 655. The lowest BCUT2D eigenvalue weighted by molar-refractivity contribution is 0.0958. The van der Waals surface area contributed by atoms with Gasteiger partial charge >= 0.3 is 0 Å². The minimum Gasteiger partial charge on any atom is -0.349 e. The molecule has 0 heterocycles. The van der Waals surface area contributed by atoms with Gasteiger partial charge in [0, 0.05) is 15.7 Å². The van der Waals surface area contributed by atoms with Crippen molar-refractivity contribution in [1.29, 1.82) is 0 Å². The highest BCUT2D eigenvalue weighted by atomic mass is 127. The van der Waals surface area contributed by atoms with Gasteiger partial charge in [0.25, 0.3) is 5.91 Å². The van der Waals surface area contributed by atoms with Gasteiger partial charge in [-0.3, -0.25) is 4.79 Å². The second-order valence-corrected chi connectivity index (χ2v) is 5.37. The minimum atomic E-state index is -0.290. The predicted octanol–water partition coefficient (Wildman–Crippen LogP) is 4.01. The first kappa shape index (κ1) is 14.7. The maximum atomic E-state index is 13.4. The Hall–Kier alpha value is -1.69.